The molecule has 0 spiro atoms. The zero-order chi connectivity index (χ0) is 34.1. The number of hydrogen-bond acceptors (Lipinski definition) is 4. The van der Waals surface area contributed by atoms with Gasteiger partial charge in [-0.25, -0.2) is 0 Å². The summed E-state index contributed by atoms with van der Waals surface area (Å²) in [6.45, 7) is 4.69. The van der Waals surface area contributed by atoms with Gasteiger partial charge in [-0.2, -0.15) is 0 Å². The van der Waals surface area contributed by atoms with Gasteiger partial charge >= 0.3 is 0 Å². The molecule has 5 aromatic carbocycles. The van der Waals surface area contributed by atoms with Gasteiger partial charge in [0.25, 0.3) is 11.8 Å². The maximum absolute atomic E-state index is 14.9. The number of morpholine rings is 1. The van der Waals surface area contributed by atoms with E-state index in [0.717, 1.165) is 17.5 Å². The van der Waals surface area contributed by atoms with E-state index in [1.807, 2.05) is 42.5 Å². The summed E-state index contributed by atoms with van der Waals surface area (Å²) >= 11 is 6.27. The van der Waals surface area contributed by atoms with Crippen molar-refractivity contribution >= 4 is 46.6 Å². The zero-order valence-electron chi connectivity index (χ0n) is 28.0. The summed E-state index contributed by atoms with van der Waals surface area (Å²) < 4.78 is 5.65. The van der Waals surface area contributed by atoms with Crippen molar-refractivity contribution in [3.05, 3.63) is 161 Å². The van der Waals surface area contributed by atoms with E-state index >= 15 is 0 Å². The lowest BCUT2D eigenvalue weighted by Gasteiger charge is -2.36. The Morgan fingerprint density at radius 2 is 1.24 bits per heavy atom. The molecule has 1 fully saturated rings. The Morgan fingerprint density at radius 1 is 0.735 bits per heavy atom. The van der Waals surface area contributed by atoms with Crippen molar-refractivity contribution in [1.29, 1.82) is 0 Å². The van der Waals surface area contributed by atoms with E-state index in [9.17, 15) is 9.59 Å². The van der Waals surface area contributed by atoms with Crippen LogP contribution in [0.3, 0.4) is 0 Å². The van der Waals surface area contributed by atoms with Crippen LogP contribution in [0.25, 0.3) is 0 Å². The summed E-state index contributed by atoms with van der Waals surface area (Å²) in [6, 6.07) is 46.7. The van der Waals surface area contributed by atoms with Crippen LogP contribution < -0.4 is 15.9 Å². The van der Waals surface area contributed by atoms with Crippen molar-refractivity contribution in [3.8, 4) is 0 Å². The molecule has 0 bridgehead atoms. The molecule has 0 N–H and O–H groups in total. The number of nitrogens with zero attached hydrogens (tertiary/aromatic N) is 2. The third kappa shape index (κ3) is 7.71. The molecular weight excluding hydrogens is 647 g/mol. The molecular formula is C42H43ClN2O3P+. The Morgan fingerprint density at radius 3 is 1.78 bits per heavy atom. The van der Waals surface area contributed by atoms with Gasteiger partial charge in [0.2, 0.25) is 0 Å². The van der Waals surface area contributed by atoms with Crippen LogP contribution in [0.4, 0.5) is 0 Å². The fraction of sp³-hybridized carbons (Fsp3) is 0.238. The molecule has 1 atom stereocenters. The molecule has 5 aromatic rings. The number of halogens is 1. The zero-order valence-corrected chi connectivity index (χ0v) is 29.6. The molecule has 0 radical (unpaired) electrons. The smallest absolute Gasteiger partial charge is 0.260 e. The molecule has 0 aromatic heterocycles. The molecule has 1 unspecified atom stereocenters. The van der Waals surface area contributed by atoms with Crippen LogP contribution in [0.5, 0.6) is 0 Å². The van der Waals surface area contributed by atoms with Crippen LogP contribution in [0.2, 0.25) is 5.02 Å². The number of hydrogen-bond donors (Lipinski definition) is 0. The third-order valence-electron chi connectivity index (χ3n) is 9.32. The quantitative estimate of drug-likeness (QED) is 0.126. The topological polar surface area (TPSA) is 49.9 Å². The largest absolute Gasteiger partial charge is 0.379 e. The molecule has 0 saturated carbocycles. The Balaban J connectivity index is 1.45. The molecule has 250 valence electrons. The van der Waals surface area contributed by atoms with Gasteiger partial charge in [0.1, 0.15) is 29.2 Å². The maximum atomic E-state index is 14.9. The minimum atomic E-state index is -2.30. The number of rotatable bonds is 12. The minimum Gasteiger partial charge on any atom is -0.379 e. The van der Waals surface area contributed by atoms with Crippen molar-refractivity contribution < 1.29 is 14.3 Å². The first-order valence-corrected chi connectivity index (χ1v) is 19.4. The number of ether oxygens (including phenoxy) is 1. The second-order valence-electron chi connectivity index (χ2n) is 12.4. The van der Waals surface area contributed by atoms with E-state index in [1.54, 1.807) is 0 Å². The second-order valence-corrected chi connectivity index (χ2v) is 16.3. The van der Waals surface area contributed by atoms with Gasteiger partial charge in [0, 0.05) is 35.8 Å². The van der Waals surface area contributed by atoms with Crippen molar-refractivity contribution in [3.63, 3.8) is 0 Å². The predicted octanol–water partition coefficient (Wildman–Crippen LogP) is 7.68. The van der Waals surface area contributed by atoms with Crippen LogP contribution >= 0.6 is 18.9 Å². The van der Waals surface area contributed by atoms with Crippen molar-refractivity contribution in [2.75, 3.05) is 32.8 Å². The lowest BCUT2D eigenvalue weighted by atomic mass is 10.0. The minimum absolute atomic E-state index is 0.215. The predicted molar refractivity (Wildman–Crippen MR) is 203 cm³/mol. The first kappa shape index (κ1) is 34.7. The molecule has 1 aliphatic rings. The summed E-state index contributed by atoms with van der Waals surface area (Å²) in [7, 11) is -2.30. The number of benzene rings is 5. The van der Waals surface area contributed by atoms with E-state index in [0.29, 0.717) is 56.0 Å². The van der Waals surface area contributed by atoms with Crippen LogP contribution in [-0.4, -0.2) is 54.5 Å². The van der Waals surface area contributed by atoms with Gasteiger partial charge in [-0.05, 0) is 66.6 Å². The normalized spacial score (nSPS) is 14.2. The lowest BCUT2D eigenvalue weighted by molar-refractivity contribution is -0.136. The Bertz CT molecular complexity index is 1720. The number of amides is 2. The average molecular weight is 690 g/mol. The van der Waals surface area contributed by atoms with Crippen LogP contribution in [0.15, 0.2) is 140 Å². The lowest BCUT2D eigenvalue weighted by Crippen LogP contribution is -2.49. The van der Waals surface area contributed by atoms with E-state index in [2.05, 4.69) is 109 Å². The number of imide groups is 1. The van der Waals surface area contributed by atoms with E-state index < -0.39 is 13.3 Å². The van der Waals surface area contributed by atoms with Crippen molar-refractivity contribution in [2.45, 2.75) is 32.0 Å². The highest BCUT2D eigenvalue weighted by Crippen LogP contribution is 2.58. The first-order chi connectivity index (χ1) is 24.0. The average Bonchev–Trinajstić information content (AvgIpc) is 3.16. The first-order valence-electron chi connectivity index (χ1n) is 17.1. The fourth-order valence-corrected chi connectivity index (χ4v) is 11.2. The standard InChI is InChI=1S/C42H43ClN2O3P/c1-2-3-27-45(42(47)40(44-28-30-48-31-29-44)33-23-25-35(43)26-24-33)41(46)39-22-14-13-15-34(39)32-49(36-16-7-4-8-17-36,37-18-9-5-10-19-37)38-20-11-6-12-21-38/h4-26,40H,2-3,27-32H2,1H3/q+1. The van der Waals surface area contributed by atoms with E-state index in [4.69, 9.17) is 16.3 Å². The molecule has 1 heterocycles. The van der Waals surface area contributed by atoms with Crippen LogP contribution in [0.1, 0.15) is 47.3 Å². The van der Waals surface area contributed by atoms with Gasteiger partial charge in [-0.15, -0.1) is 0 Å². The fourth-order valence-electron chi connectivity index (χ4n) is 6.80. The van der Waals surface area contributed by atoms with Crippen molar-refractivity contribution in [1.82, 2.24) is 9.80 Å². The third-order valence-corrected chi connectivity index (χ3v) is 13.9. The molecule has 1 aliphatic heterocycles. The summed E-state index contributed by atoms with van der Waals surface area (Å²) in [5.74, 6) is -0.471. The highest BCUT2D eigenvalue weighted by atomic mass is 35.5. The number of carbonyl (C=O) groups excluding carboxylic acids is 2. The molecule has 49 heavy (non-hydrogen) atoms. The second kappa shape index (κ2) is 16.5. The molecule has 5 nitrogen and oxygen atoms in total. The summed E-state index contributed by atoms with van der Waals surface area (Å²) in [6.07, 6.45) is 2.20. The summed E-state index contributed by atoms with van der Waals surface area (Å²) in [5.41, 5.74) is 2.32. The highest BCUT2D eigenvalue weighted by molar-refractivity contribution is 7.95. The summed E-state index contributed by atoms with van der Waals surface area (Å²) in [4.78, 5) is 33.4. The van der Waals surface area contributed by atoms with Gasteiger partial charge < -0.3 is 4.74 Å². The van der Waals surface area contributed by atoms with Gasteiger partial charge in [0.15, 0.2) is 0 Å². The van der Waals surface area contributed by atoms with Crippen LogP contribution in [-0.2, 0) is 15.7 Å². The van der Waals surface area contributed by atoms with Gasteiger partial charge in [-0.1, -0.05) is 110 Å². The van der Waals surface area contributed by atoms with Crippen molar-refractivity contribution in [2.24, 2.45) is 0 Å². The molecule has 0 aliphatic carbocycles. The Kier molecular flexibility index (Phi) is 11.7. The highest BCUT2D eigenvalue weighted by Gasteiger charge is 2.46. The van der Waals surface area contributed by atoms with E-state index in [-0.39, 0.29) is 11.8 Å². The number of carbonyl (C=O) groups is 2. The Hall–Kier alpha value is -4.12. The van der Waals surface area contributed by atoms with Gasteiger partial charge in [0.05, 0.1) is 19.4 Å². The van der Waals surface area contributed by atoms with Gasteiger partial charge in [-0.3, -0.25) is 19.4 Å². The maximum Gasteiger partial charge on any atom is 0.260 e. The molecule has 1 saturated heterocycles. The monoisotopic (exact) mass is 689 g/mol. The Labute approximate surface area is 295 Å². The van der Waals surface area contributed by atoms with E-state index in [1.165, 1.54) is 20.8 Å². The molecule has 6 rings (SSSR count). The number of unbranched alkanes of at least 4 members (excludes halogenated alkanes) is 1. The molecule has 7 heteroatoms. The SMILES string of the molecule is CCCCN(C(=O)c1ccccc1C[P+](c1ccccc1)(c1ccccc1)c1ccccc1)C(=O)C(c1ccc(Cl)cc1)N1CCOCC1. The van der Waals surface area contributed by atoms with Crippen LogP contribution in [0, 0.1) is 0 Å². The molecule has 2 amide bonds. The summed E-state index contributed by atoms with van der Waals surface area (Å²) in [5, 5.41) is 4.32.